The van der Waals surface area contributed by atoms with Crippen LogP contribution in [-0.4, -0.2) is 61.3 Å². The Kier molecular flexibility index (Phi) is 6.94. The van der Waals surface area contributed by atoms with Gasteiger partial charge >= 0.3 is 0 Å². The quantitative estimate of drug-likeness (QED) is 0.780. The first-order chi connectivity index (χ1) is 11.5. The fourth-order valence-electron chi connectivity index (χ4n) is 2.94. The molecule has 0 aliphatic carbocycles. The van der Waals surface area contributed by atoms with E-state index in [0.29, 0.717) is 12.1 Å². The molecule has 0 unspecified atom stereocenters. The molecule has 0 spiro atoms. The molecule has 1 aromatic carbocycles. The van der Waals surface area contributed by atoms with E-state index in [1.165, 1.54) is 0 Å². The second kappa shape index (κ2) is 8.94. The number of ketones is 1. The Balaban J connectivity index is 1.89. The fourth-order valence-corrected chi connectivity index (χ4v) is 2.94. The first kappa shape index (κ1) is 18.6. The average molecular weight is 331 g/mol. The summed E-state index contributed by atoms with van der Waals surface area (Å²) in [6.45, 7) is 8.40. The van der Waals surface area contributed by atoms with Crippen LogP contribution in [0.15, 0.2) is 24.3 Å². The zero-order valence-corrected chi connectivity index (χ0v) is 15.0. The summed E-state index contributed by atoms with van der Waals surface area (Å²) in [5.74, 6) is 0.234. The van der Waals surface area contributed by atoms with Gasteiger partial charge in [-0.05, 0) is 44.2 Å². The van der Waals surface area contributed by atoms with Crippen molar-refractivity contribution < 1.29 is 9.59 Å². The van der Waals surface area contributed by atoms with Gasteiger partial charge in [-0.3, -0.25) is 14.5 Å². The highest BCUT2D eigenvalue weighted by atomic mass is 16.2. The van der Waals surface area contributed by atoms with Crippen molar-refractivity contribution in [1.82, 2.24) is 9.80 Å². The lowest BCUT2D eigenvalue weighted by Gasteiger charge is -2.31. The van der Waals surface area contributed by atoms with Crippen LogP contribution in [0.5, 0.6) is 0 Å². The number of piperazine rings is 1. The number of benzene rings is 1. The number of Topliss-reactive ketones (excluding diaryl/α,β-unsaturated/α-hetero) is 1. The van der Waals surface area contributed by atoms with E-state index < -0.39 is 0 Å². The van der Waals surface area contributed by atoms with E-state index in [1.54, 1.807) is 12.1 Å². The van der Waals surface area contributed by atoms with Crippen molar-refractivity contribution in [1.29, 1.82) is 0 Å². The molecule has 0 radical (unpaired) electrons. The molecule has 1 aliphatic heterocycles. The molecular formula is C19H29N3O2. The van der Waals surface area contributed by atoms with E-state index in [1.807, 2.05) is 26.0 Å². The molecule has 5 heteroatoms. The zero-order valence-electron chi connectivity index (χ0n) is 15.0. The maximum absolute atomic E-state index is 12.4. The van der Waals surface area contributed by atoms with Gasteiger partial charge in [-0.15, -0.1) is 0 Å². The van der Waals surface area contributed by atoms with E-state index in [9.17, 15) is 9.59 Å². The highest BCUT2D eigenvalue weighted by molar-refractivity contribution is 5.98. The van der Waals surface area contributed by atoms with Crippen LogP contribution in [0.4, 0.5) is 5.69 Å². The summed E-state index contributed by atoms with van der Waals surface area (Å²) in [4.78, 5) is 29.0. The van der Waals surface area contributed by atoms with Crippen LogP contribution in [0.25, 0.3) is 0 Å². The van der Waals surface area contributed by atoms with Crippen molar-refractivity contribution in [3.8, 4) is 0 Å². The number of carbonyl (C=O) groups is 2. The smallest absolute Gasteiger partial charge is 0.227 e. The second-order valence-corrected chi connectivity index (χ2v) is 6.58. The third kappa shape index (κ3) is 5.14. The third-order valence-electron chi connectivity index (χ3n) is 4.79. The van der Waals surface area contributed by atoms with Crippen LogP contribution in [0.2, 0.25) is 0 Å². The first-order valence-corrected chi connectivity index (χ1v) is 8.88. The topological polar surface area (TPSA) is 52.7 Å². The number of rotatable bonds is 7. The summed E-state index contributed by atoms with van der Waals surface area (Å²) in [7, 11) is 2.10. The van der Waals surface area contributed by atoms with Gasteiger partial charge in [0.05, 0.1) is 6.54 Å². The SMILES string of the molecule is CCC(CC)C(=O)Nc1ccc(C(=O)CN2CCN(C)CC2)cc1. The lowest BCUT2D eigenvalue weighted by molar-refractivity contribution is -0.120. The number of nitrogens with zero attached hydrogens (tertiary/aromatic N) is 2. The van der Waals surface area contributed by atoms with Gasteiger partial charge in [0.15, 0.2) is 5.78 Å². The van der Waals surface area contributed by atoms with Crippen molar-refractivity contribution in [2.75, 3.05) is 45.1 Å². The number of carbonyl (C=O) groups excluding carboxylic acids is 2. The van der Waals surface area contributed by atoms with Gasteiger partial charge in [-0.25, -0.2) is 0 Å². The molecule has 1 N–H and O–H groups in total. The molecule has 1 fully saturated rings. The summed E-state index contributed by atoms with van der Waals surface area (Å²) in [6, 6.07) is 7.25. The largest absolute Gasteiger partial charge is 0.326 e. The summed E-state index contributed by atoms with van der Waals surface area (Å²) in [5.41, 5.74) is 1.46. The molecule has 0 saturated carbocycles. The predicted octanol–water partition coefficient (Wildman–Crippen LogP) is 2.49. The van der Waals surface area contributed by atoms with Crippen molar-refractivity contribution in [3.63, 3.8) is 0 Å². The van der Waals surface area contributed by atoms with Crippen molar-refractivity contribution in [2.24, 2.45) is 5.92 Å². The Morgan fingerprint density at radius 1 is 1.04 bits per heavy atom. The highest BCUT2D eigenvalue weighted by Crippen LogP contribution is 2.15. The summed E-state index contributed by atoms with van der Waals surface area (Å²) < 4.78 is 0. The Morgan fingerprint density at radius 3 is 2.17 bits per heavy atom. The molecule has 1 saturated heterocycles. The third-order valence-corrected chi connectivity index (χ3v) is 4.79. The number of hydrogen-bond acceptors (Lipinski definition) is 4. The molecule has 1 heterocycles. The van der Waals surface area contributed by atoms with Gasteiger partial charge in [0, 0.05) is 43.3 Å². The van der Waals surface area contributed by atoms with Crippen LogP contribution in [0.3, 0.4) is 0 Å². The van der Waals surface area contributed by atoms with Gasteiger partial charge in [0.1, 0.15) is 0 Å². The molecule has 2 rings (SSSR count). The Bertz CT molecular complexity index is 544. The van der Waals surface area contributed by atoms with E-state index in [2.05, 4.69) is 22.2 Å². The fraction of sp³-hybridized carbons (Fsp3) is 0.579. The number of amides is 1. The summed E-state index contributed by atoms with van der Waals surface area (Å²) in [5, 5.41) is 2.93. The lowest BCUT2D eigenvalue weighted by Crippen LogP contribution is -2.46. The molecule has 24 heavy (non-hydrogen) atoms. The average Bonchev–Trinajstić information content (AvgIpc) is 2.58. The minimum atomic E-state index is 0.0449. The molecule has 5 nitrogen and oxygen atoms in total. The molecule has 0 bridgehead atoms. The van der Waals surface area contributed by atoms with E-state index in [4.69, 9.17) is 0 Å². The van der Waals surface area contributed by atoms with Gasteiger partial charge < -0.3 is 10.2 Å². The van der Waals surface area contributed by atoms with Crippen molar-refractivity contribution in [2.45, 2.75) is 26.7 Å². The van der Waals surface area contributed by atoms with Crippen LogP contribution in [0.1, 0.15) is 37.0 Å². The Labute approximate surface area is 145 Å². The van der Waals surface area contributed by atoms with E-state index in [0.717, 1.165) is 44.7 Å². The Morgan fingerprint density at radius 2 is 1.62 bits per heavy atom. The molecule has 1 aliphatic rings. The predicted molar refractivity (Wildman–Crippen MR) is 97.4 cm³/mol. The van der Waals surface area contributed by atoms with Crippen LogP contribution in [-0.2, 0) is 4.79 Å². The minimum Gasteiger partial charge on any atom is -0.326 e. The van der Waals surface area contributed by atoms with Gasteiger partial charge in [-0.1, -0.05) is 13.8 Å². The normalized spacial score (nSPS) is 16.3. The molecule has 132 valence electrons. The summed E-state index contributed by atoms with van der Waals surface area (Å²) >= 11 is 0. The lowest BCUT2D eigenvalue weighted by atomic mass is 10.0. The molecule has 0 aromatic heterocycles. The maximum Gasteiger partial charge on any atom is 0.227 e. The minimum absolute atomic E-state index is 0.0449. The highest BCUT2D eigenvalue weighted by Gasteiger charge is 2.18. The molecule has 1 amide bonds. The number of hydrogen-bond donors (Lipinski definition) is 1. The first-order valence-electron chi connectivity index (χ1n) is 8.88. The molecule has 1 aromatic rings. The van der Waals surface area contributed by atoms with Gasteiger partial charge in [0.25, 0.3) is 0 Å². The van der Waals surface area contributed by atoms with Crippen LogP contribution in [0, 0.1) is 5.92 Å². The zero-order chi connectivity index (χ0) is 17.5. The number of nitrogens with one attached hydrogen (secondary N) is 1. The second-order valence-electron chi connectivity index (χ2n) is 6.58. The summed E-state index contributed by atoms with van der Waals surface area (Å²) in [6.07, 6.45) is 1.67. The monoisotopic (exact) mass is 331 g/mol. The molecule has 0 atom stereocenters. The number of anilines is 1. The Hall–Kier alpha value is -1.72. The van der Waals surface area contributed by atoms with Gasteiger partial charge in [-0.2, -0.15) is 0 Å². The standard InChI is InChI=1S/C19H29N3O2/c1-4-15(5-2)19(24)20-17-8-6-16(7-9-17)18(23)14-22-12-10-21(3)11-13-22/h6-9,15H,4-5,10-14H2,1-3H3,(H,20,24). The van der Waals surface area contributed by atoms with E-state index >= 15 is 0 Å². The van der Waals surface area contributed by atoms with Crippen LogP contribution >= 0.6 is 0 Å². The van der Waals surface area contributed by atoms with Crippen molar-refractivity contribution >= 4 is 17.4 Å². The number of likely N-dealkylation sites (N-methyl/N-ethyl adjacent to an activating group) is 1. The molecular weight excluding hydrogens is 302 g/mol. The van der Waals surface area contributed by atoms with Gasteiger partial charge in [0.2, 0.25) is 5.91 Å². The maximum atomic E-state index is 12.4. The van der Waals surface area contributed by atoms with Crippen LogP contribution < -0.4 is 5.32 Å². The van der Waals surface area contributed by atoms with E-state index in [-0.39, 0.29) is 17.6 Å². The van der Waals surface area contributed by atoms with Crippen molar-refractivity contribution in [3.05, 3.63) is 29.8 Å².